The van der Waals surface area contributed by atoms with Crippen molar-refractivity contribution >= 4 is 10.9 Å². The van der Waals surface area contributed by atoms with E-state index in [1.54, 1.807) is 0 Å². The van der Waals surface area contributed by atoms with Crippen LogP contribution in [-0.2, 0) is 13.0 Å². The summed E-state index contributed by atoms with van der Waals surface area (Å²) in [6.45, 7) is 0.835. The molecule has 1 N–H and O–H groups in total. The van der Waals surface area contributed by atoms with Gasteiger partial charge in [-0.15, -0.1) is 0 Å². The zero-order valence-electron chi connectivity index (χ0n) is 11.9. The van der Waals surface area contributed by atoms with Crippen molar-refractivity contribution in [1.29, 1.82) is 0 Å². The third kappa shape index (κ3) is 2.83. The SMILES string of the molecule is c1ccc2c(Cc3ccc(CNC4CC4)o3)ccnc2c1. The van der Waals surface area contributed by atoms with Crippen molar-refractivity contribution in [1.82, 2.24) is 10.3 Å². The molecule has 0 saturated heterocycles. The number of hydrogen-bond donors (Lipinski definition) is 1. The van der Waals surface area contributed by atoms with Crippen molar-refractivity contribution in [3.8, 4) is 0 Å². The van der Waals surface area contributed by atoms with Gasteiger partial charge in [0.2, 0.25) is 0 Å². The summed E-state index contributed by atoms with van der Waals surface area (Å²) in [6, 6.07) is 15.2. The lowest BCUT2D eigenvalue weighted by Crippen LogP contribution is -2.14. The second-order valence-electron chi connectivity index (χ2n) is 5.69. The molecule has 2 heterocycles. The Bertz CT molecular complexity index is 753. The van der Waals surface area contributed by atoms with Gasteiger partial charge in [-0.25, -0.2) is 0 Å². The van der Waals surface area contributed by atoms with E-state index in [-0.39, 0.29) is 0 Å². The Morgan fingerprint density at radius 1 is 1.05 bits per heavy atom. The summed E-state index contributed by atoms with van der Waals surface area (Å²) in [7, 11) is 0. The maximum Gasteiger partial charge on any atom is 0.117 e. The summed E-state index contributed by atoms with van der Waals surface area (Å²) in [5.41, 5.74) is 2.30. The first-order chi connectivity index (χ1) is 10.4. The molecule has 1 aromatic carbocycles. The van der Waals surface area contributed by atoms with Crippen LogP contribution in [0.15, 0.2) is 53.1 Å². The quantitative estimate of drug-likeness (QED) is 0.774. The topological polar surface area (TPSA) is 38.1 Å². The Kier molecular flexibility index (Phi) is 3.20. The van der Waals surface area contributed by atoms with Gasteiger partial charge in [0.1, 0.15) is 11.5 Å². The van der Waals surface area contributed by atoms with Crippen molar-refractivity contribution in [2.75, 3.05) is 0 Å². The lowest BCUT2D eigenvalue weighted by Gasteiger charge is -2.04. The first kappa shape index (κ1) is 12.6. The van der Waals surface area contributed by atoms with Crippen LogP contribution in [0, 0.1) is 0 Å². The zero-order chi connectivity index (χ0) is 14.1. The number of fused-ring (bicyclic) bond motifs is 1. The molecule has 4 rings (SSSR count). The summed E-state index contributed by atoms with van der Waals surface area (Å²) >= 11 is 0. The van der Waals surface area contributed by atoms with Crippen LogP contribution in [0.5, 0.6) is 0 Å². The molecule has 0 aliphatic heterocycles. The molecular weight excluding hydrogens is 260 g/mol. The van der Waals surface area contributed by atoms with Gasteiger partial charge >= 0.3 is 0 Å². The van der Waals surface area contributed by atoms with Crippen LogP contribution in [-0.4, -0.2) is 11.0 Å². The molecule has 0 atom stereocenters. The maximum absolute atomic E-state index is 5.93. The third-order valence-electron chi connectivity index (χ3n) is 3.96. The lowest BCUT2D eigenvalue weighted by atomic mass is 10.1. The van der Waals surface area contributed by atoms with Crippen molar-refractivity contribution < 1.29 is 4.42 Å². The van der Waals surface area contributed by atoms with E-state index in [1.165, 1.54) is 23.8 Å². The van der Waals surface area contributed by atoms with Gasteiger partial charge in [-0.1, -0.05) is 18.2 Å². The van der Waals surface area contributed by atoms with E-state index in [0.717, 1.165) is 30.0 Å². The lowest BCUT2D eigenvalue weighted by molar-refractivity contribution is 0.453. The highest BCUT2D eigenvalue weighted by molar-refractivity contribution is 5.82. The fourth-order valence-corrected chi connectivity index (χ4v) is 2.64. The summed E-state index contributed by atoms with van der Waals surface area (Å²) in [5.74, 6) is 2.04. The fourth-order valence-electron chi connectivity index (χ4n) is 2.64. The van der Waals surface area contributed by atoms with E-state index < -0.39 is 0 Å². The Balaban J connectivity index is 1.53. The van der Waals surface area contributed by atoms with E-state index in [0.29, 0.717) is 6.04 Å². The van der Waals surface area contributed by atoms with E-state index in [4.69, 9.17) is 4.42 Å². The normalized spacial score (nSPS) is 14.7. The molecular formula is C18H18N2O. The molecule has 0 unspecified atom stereocenters. The highest BCUT2D eigenvalue weighted by atomic mass is 16.3. The van der Waals surface area contributed by atoms with Gasteiger partial charge in [-0.3, -0.25) is 4.98 Å². The van der Waals surface area contributed by atoms with Gasteiger partial charge in [0.25, 0.3) is 0 Å². The number of nitrogens with one attached hydrogen (secondary N) is 1. The van der Waals surface area contributed by atoms with Gasteiger partial charge in [0.05, 0.1) is 12.1 Å². The predicted octanol–water partition coefficient (Wildman–Crippen LogP) is 3.67. The average molecular weight is 278 g/mol. The first-order valence-corrected chi connectivity index (χ1v) is 7.52. The molecule has 0 radical (unpaired) electrons. The molecule has 21 heavy (non-hydrogen) atoms. The van der Waals surface area contributed by atoms with Crippen LogP contribution < -0.4 is 5.32 Å². The molecule has 1 saturated carbocycles. The Morgan fingerprint density at radius 2 is 1.90 bits per heavy atom. The van der Waals surface area contributed by atoms with Crippen molar-refractivity contribution in [3.63, 3.8) is 0 Å². The standard InChI is InChI=1S/C18H18N2O/c1-2-4-18-17(3-1)13(9-10-19-18)11-15-7-8-16(21-15)12-20-14-5-6-14/h1-4,7-10,14,20H,5-6,11-12H2. The van der Waals surface area contributed by atoms with Crippen LogP contribution >= 0.6 is 0 Å². The number of furan rings is 1. The van der Waals surface area contributed by atoms with Crippen LogP contribution in [0.4, 0.5) is 0 Å². The second kappa shape index (κ2) is 5.34. The largest absolute Gasteiger partial charge is 0.464 e. The Hall–Kier alpha value is -2.13. The minimum absolute atomic E-state index is 0.711. The van der Waals surface area contributed by atoms with Gasteiger partial charge in [-0.05, 0) is 42.7 Å². The molecule has 3 heteroatoms. The molecule has 0 bridgehead atoms. The average Bonchev–Trinajstić information content (AvgIpc) is 3.25. The Labute approximate surface area is 124 Å². The van der Waals surface area contributed by atoms with E-state index in [2.05, 4.69) is 40.6 Å². The number of pyridine rings is 1. The number of nitrogens with zero attached hydrogens (tertiary/aromatic N) is 1. The van der Waals surface area contributed by atoms with Crippen molar-refractivity contribution in [2.24, 2.45) is 0 Å². The van der Waals surface area contributed by atoms with E-state index >= 15 is 0 Å². The molecule has 1 aliphatic carbocycles. The smallest absolute Gasteiger partial charge is 0.117 e. The molecule has 0 spiro atoms. The minimum Gasteiger partial charge on any atom is -0.464 e. The summed E-state index contributed by atoms with van der Waals surface area (Å²) < 4.78 is 5.93. The zero-order valence-corrected chi connectivity index (χ0v) is 11.9. The third-order valence-corrected chi connectivity index (χ3v) is 3.96. The molecule has 1 fully saturated rings. The number of rotatable bonds is 5. The highest BCUT2D eigenvalue weighted by Gasteiger charge is 2.20. The van der Waals surface area contributed by atoms with Gasteiger partial charge in [-0.2, -0.15) is 0 Å². The summed E-state index contributed by atoms with van der Waals surface area (Å²) in [4.78, 5) is 4.40. The van der Waals surface area contributed by atoms with Gasteiger partial charge in [0.15, 0.2) is 0 Å². The molecule has 3 aromatic rings. The van der Waals surface area contributed by atoms with Gasteiger partial charge in [0, 0.05) is 24.0 Å². The highest BCUT2D eigenvalue weighted by Crippen LogP contribution is 2.22. The predicted molar refractivity (Wildman–Crippen MR) is 83.1 cm³/mol. The fraction of sp³-hybridized carbons (Fsp3) is 0.278. The maximum atomic E-state index is 5.93. The first-order valence-electron chi connectivity index (χ1n) is 7.52. The monoisotopic (exact) mass is 278 g/mol. The summed E-state index contributed by atoms with van der Waals surface area (Å²) in [6.07, 6.45) is 5.29. The van der Waals surface area contributed by atoms with Crippen LogP contribution in [0.1, 0.15) is 29.9 Å². The number of hydrogen-bond acceptors (Lipinski definition) is 3. The summed E-state index contributed by atoms with van der Waals surface area (Å²) in [5, 5.41) is 4.68. The molecule has 0 amide bonds. The Morgan fingerprint density at radius 3 is 2.81 bits per heavy atom. The van der Waals surface area contributed by atoms with Crippen molar-refractivity contribution in [3.05, 3.63) is 65.7 Å². The number of benzene rings is 1. The molecule has 2 aromatic heterocycles. The van der Waals surface area contributed by atoms with Crippen molar-refractivity contribution in [2.45, 2.75) is 31.8 Å². The van der Waals surface area contributed by atoms with Crippen LogP contribution in [0.3, 0.4) is 0 Å². The number of para-hydroxylation sites is 1. The van der Waals surface area contributed by atoms with E-state index in [9.17, 15) is 0 Å². The number of aromatic nitrogens is 1. The minimum atomic E-state index is 0.711. The molecule has 1 aliphatic rings. The van der Waals surface area contributed by atoms with Gasteiger partial charge < -0.3 is 9.73 Å². The molecule has 3 nitrogen and oxygen atoms in total. The van der Waals surface area contributed by atoms with Crippen LogP contribution in [0.25, 0.3) is 10.9 Å². The van der Waals surface area contributed by atoms with Crippen LogP contribution in [0.2, 0.25) is 0 Å². The molecule has 106 valence electrons. The van der Waals surface area contributed by atoms with E-state index in [1.807, 2.05) is 18.3 Å². The second-order valence-corrected chi connectivity index (χ2v) is 5.69.